The molecule has 2 aromatic carbocycles. The summed E-state index contributed by atoms with van der Waals surface area (Å²) in [5, 5.41) is 1.07. The lowest BCUT2D eigenvalue weighted by Gasteiger charge is -2.18. The quantitative estimate of drug-likeness (QED) is 0.728. The van der Waals surface area contributed by atoms with Gasteiger partial charge in [-0.3, -0.25) is 4.79 Å². The minimum atomic E-state index is 0.0455. The number of carbonyl (C=O) groups excluding carboxylic acids is 1. The lowest BCUT2D eigenvalue weighted by molar-refractivity contribution is 0.0773. The van der Waals surface area contributed by atoms with Crippen LogP contribution in [0.3, 0.4) is 0 Å². The summed E-state index contributed by atoms with van der Waals surface area (Å²) in [6, 6.07) is 12.5. The molecule has 0 bridgehead atoms. The van der Waals surface area contributed by atoms with E-state index in [9.17, 15) is 4.79 Å². The van der Waals surface area contributed by atoms with Crippen molar-refractivity contribution in [3.63, 3.8) is 0 Å². The summed E-state index contributed by atoms with van der Waals surface area (Å²) in [5.41, 5.74) is 1.65. The molecule has 0 atom stereocenters. The van der Waals surface area contributed by atoms with E-state index in [2.05, 4.69) is 0 Å². The summed E-state index contributed by atoms with van der Waals surface area (Å²) in [6.45, 7) is 5.74. The highest BCUT2D eigenvalue weighted by atomic mass is 35.5. The highest BCUT2D eigenvalue weighted by Gasteiger charge is 2.11. The fourth-order valence-corrected chi connectivity index (χ4v) is 2.72. The number of amides is 1. The van der Waals surface area contributed by atoms with Gasteiger partial charge in [-0.05, 0) is 49.7 Å². The summed E-state index contributed by atoms with van der Waals surface area (Å²) < 4.78 is 5.68. The summed E-state index contributed by atoms with van der Waals surface area (Å²) in [6.07, 6.45) is 0. The maximum atomic E-state index is 12.2. The van der Waals surface area contributed by atoms with Gasteiger partial charge in [-0.25, -0.2) is 0 Å². The fraction of sp³-hybridized carbons (Fsp3) is 0.278. The zero-order valence-corrected chi connectivity index (χ0v) is 14.7. The highest BCUT2D eigenvalue weighted by Crippen LogP contribution is 2.24. The second-order valence-electron chi connectivity index (χ2n) is 5.07. The van der Waals surface area contributed by atoms with E-state index in [-0.39, 0.29) is 5.91 Å². The first-order valence-corrected chi connectivity index (χ1v) is 8.26. The van der Waals surface area contributed by atoms with Gasteiger partial charge in [-0.2, -0.15) is 0 Å². The molecule has 0 unspecified atom stereocenters. The van der Waals surface area contributed by atoms with Crippen LogP contribution in [-0.4, -0.2) is 23.9 Å². The van der Waals surface area contributed by atoms with Crippen molar-refractivity contribution in [3.05, 3.63) is 63.6 Å². The fourth-order valence-electron chi connectivity index (χ4n) is 2.22. The molecule has 2 rings (SSSR count). The zero-order chi connectivity index (χ0) is 16.8. The van der Waals surface area contributed by atoms with Crippen LogP contribution in [0.15, 0.2) is 42.5 Å². The van der Waals surface area contributed by atoms with Crippen molar-refractivity contribution in [2.75, 3.05) is 13.1 Å². The van der Waals surface area contributed by atoms with Crippen molar-refractivity contribution < 1.29 is 9.53 Å². The van der Waals surface area contributed by atoms with Crippen LogP contribution < -0.4 is 4.74 Å². The Kier molecular flexibility index (Phi) is 6.31. The molecular formula is C18H19Cl2NO2. The second-order valence-corrected chi connectivity index (χ2v) is 5.94. The molecule has 2 aromatic rings. The van der Waals surface area contributed by atoms with Crippen LogP contribution in [0, 0.1) is 0 Å². The SMILES string of the molecule is CCN(CC)C(=O)c1ccc(COc2cc(Cl)cc(Cl)c2)cc1. The van der Waals surface area contributed by atoms with Gasteiger partial charge in [0.05, 0.1) is 0 Å². The van der Waals surface area contributed by atoms with Gasteiger partial charge in [-0.15, -0.1) is 0 Å². The molecule has 0 aromatic heterocycles. The average molecular weight is 352 g/mol. The number of rotatable bonds is 6. The van der Waals surface area contributed by atoms with E-state index < -0.39 is 0 Å². The summed E-state index contributed by atoms with van der Waals surface area (Å²) in [7, 11) is 0. The van der Waals surface area contributed by atoms with E-state index in [1.807, 2.05) is 38.1 Å². The van der Waals surface area contributed by atoms with Crippen LogP contribution in [0.2, 0.25) is 10.0 Å². The van der Waals surface area contributed by atoms with Gasteiger partial charge in [0, 0.05) is 28.7 Å². The maximum absolute atomic E-state index is 12.2. The predicted molar refractivity (Wildman–Crippen MR) is 94.5 cm³/mol. The van der Waals surface area contributed by atoms with Crippen LogP contribution >= 0.6 is 23.2 Å². The third-order valence-electron chi connectivity index (χ3n) is 3.49. The van der Waals surface area contributed by atoms with Crippen molar-refractivity contribution >= 4 is 29.1 Å². The lowest BCUT2D eigenvalue weighted by Crippen LogP contribution is -2.30. The lowest BCUT2D eigenvalue weighted by atomic mass is 10.1. The maximum Gasteiger partial charge on any atom is 0.253 e. The van der Waals surface area contributed by atoms with Gasteiger partial charge in [0.15, 0.2) is 0 Å². The molecule has 0 heterocycles. The molecule has 5 heteroatoms. The first-order chi connectivity index (χ1) is 11.0. The van der Waals surface area contributed by atoms with Gasteiger partial charge >= 0.3 is 0 Å². The number of hydrogen-bond acceptors (Lipinski definition) is 2. The molecule has 122 valence electrons. The Bertz CT molecular complexity index is 647. The largest absolute Gasteiger partial charge is 0.489 e. The molecule has 0 aliphatic heterocycles. The first kappa shape index (κ1) is 17.6. The van der Waals surface area contributed by atoms with Crippen molar-refractivity contribution in [1.29, 1.82) is 0 Å². The molecule has 0 spiro atoms. The molecule has 3 nitrogen and oxygen atoms in total. The number of benzene rings is 2. The molecule has 0 aliphatic carbocycles. The Hall–Kier alpha value is -1.71. The van der Waals surface area contributed by atoms with Gasteiger partial charge in [0.25, 0.3) is 5.91 Å². The Balaban J connectivity index is 2.01. The van der Waals surface area contributed by atoms with Gasteiger partial charge < -0.3 is 9.64 Å². The van der Waals surface area contributed by atoms with Crippen molar-refractivity contribution in [1.82, 2.24) is 4.90 Å². The first-order valence-electron chi connectivity index (χ1n) is 7.50. The number of ether oxygens (including phenoxy) is 1. The summed E-state index contributed by atoms with van der Waals surface area (Å²) in [4.78, 5) is 14.0. The minimum absolute atomic E-state index is 0.0455. The molecule has 23 heavy (non-hydrogen) atoms. The molecule has 0 aliphatic rings. The number of carbonyl (C=O) groups is 1. The molecule has 0 saturated carbocycles. The topological polar surface area (TPSA) is 29.5 Å². The van der Waals surface area contributed by atoms with Gasteiger partial charge in [-0.1, -0.05) is 35.3 Å². The third-order valence-corrected chi connectivity index (χ3v) is 3.93. The third kappa shape index (κ3) is 4.88. The van der Waals surface area contributed by atoms with E-state index in [0.717, 1.165) is 5.56 Å². The van der Waals surface area contributed by atoms with E-state index in [1.54, 1.807) is 23.1 Å². The summed E-state index contributed by atoms with van der Waals surface area (Å²) >= 11 is 11.9. The van der Waals surface area contributed by atoms with E-state index >= 15 is 0 Å². The highest BCUT2D eigenvalue weighted by molar-refractivity contribution is 6.34. The zero-order valence-electron chi connectivity index (χ0n) is 13.2. The second kappa shape index (κ2) is 8.23. The standard InChI is InChI=1S/C18H19Cl2NO2/c1-3-21(4-2)18(22)14-7-5-13(6-8-14)12-23-17-10-15(19)9-16(20)11-17/h5-11H,3-4,12H2,1-2H3. The van der Waals surface area contributed by atoms with Gasteiger partial charge in [0.1, 0.15) is 12.4 Å². The van der Waals surface area contributed by atoms with Crippen molar-refractivity contribution in [2.24, 2.45) is 0 Å². The molecule has 0 N–H and O–H groups in total. The molecule has 1 amide bonds. The Labute approximate surface area is 146 Å². The van der Waals surface area contributed by atoms with Crippen LogP contribution in [-0.2, 0) is 6.61 Å². The van der Waals surface area contributed by atoms with Crippen LogP contribution in [0.5, 0.6) is 5.75 Å². The summed E-state index contributed by atoms with van der Waals surface area (Å²) in [5.74, 6) is 0.662. The molecule has 0 fully saturated rings. The van der Waals surface area contributed by atoms with Crippen molar-refractivity contribution in [3.8, 4) is 5.75 Å². The number of hydrogen-bond donors (Lipinski definition) is 0. The van der Waals surface area contributed by atoms with Crippen LogP contribution in [0.25, 0.3) is 0 Å². The number of nitrogens with zero attached hydrogens (tertiary/aromatic N) is 1. The van der Waals surface area contributed by atoms with Gasteiger partial charge in [0.2, 0.25) is 0 Å². The average Bonchev–Trinajstić information content (AvgIpc) is 2.53. The smallest absolute Gasteiger partial charge is 0.253 e. The predicted octanol–water partition coefficient (Wildman–Crippen LogP) is 5.05. The Morgan fingerprint density at radius 3 is 2.09 bits per heavy atom. The molecule has 0 saturated heterocycles. The van der Waals surface area contributed by atoms with E-state index in [4.69, 9.17) is 27.9 Å². The normalized spacial score (nSPS) is 10.4. The Morgan fingerprint density at radius 1 is 1.00 bits per heavy atom. The van der Waals surface area contributed by atoms with Crippen molar-refractivity contribution in [2.45, 2.75) is 20.5 Å². The van der Waals surface area contributed by atoms with Crippen LogP contribution in [0.1, 0.15) is 29.8 Å². The number of halogens is 2. The molecule has 0 radical (unpaired) electrons. The van der Waals surface area contributed by atoms with E-state index in [0.29, 0.717) is 41.1 Å². The van der Waals surface area contributed by atoms with Crippen LogP contribution in [0.4, 0.5) is 0 Å². The minimum Gasteiger partial charge on any atom is -0.489 e. The van der Waals surface area contributed by atoms with E-state index in [1.165, 1.54) is 0 Å². The monoisotopic (exact) mass is 351 g/mol. The Morgan fingerprint density at radius 2 is 1.57 bits per heavy atom. The molecular weight excluding hydrogens is 333 g/mol.